The summed E-state index contributed by atoms with van der Waals surface area (Å²) in [6, 6.07) is 19.7. The molecule has 0 heterocycles. The molecule has 2 rings (SSSR count). The van der Waals surface area contributed by atoms with Crippen molar-refractivity contribution in [3.8, 4) is 0 Å². The molecule has 0 unspecified atom stereocenters. The van der Waals surface area contributed by atoms with Gasteiger partial charge in [0.15, 0.2) is 0 Å². The largest absolute Gasteiger partial charge is 0.478 e. The number of hydrogen-bond donors (Lipinski definition) is 1. The maximum absolute atomic E-state index is 10.7. The normalized spacial score (nSPS) is 10.9. The highest BCUT2D eigenvalue weighted by Gasteiger charge is 2.10. The molecule has 0 amide bonds. The molecule has 2 aromatic carbocycles. The van der Waals surface area contributed by atoms with Gasteiger partial charge in [-0.05, 0) is 11.1 Å². The van der Waals surface area contributed by atoms with Gasteiger partial charge in [0, 0.05) is 12.0 Å². The minimum absolute atomic E-state index is 0.0245. The van der Waals surface area contributed by atoms with Crippen LogP contribution in [0.4, 0.5) is 0 Å². The number of hydrogen-bond acceptors (Lipinski definition) is 1. The van der Waals surface area contributed by atoms with Crippen molar-refractivity contribution in [2.24, 2.45) is 0 Å². The Balaban J connectivity index is 2.38. The second-order valence-electron chi connectivity index (χ2n) is 4.00. The van der Waals surface area contributed by atoms with Crippen LogP contribution in [0.25, 0.3) is 0 Å². The third-order valence-electron chi connectivity index (χ3n) is 2.75. The molecule has 2 nitrogen and oxygen atoms in total. The third-order valence-corrected chi connectivity index (χ3v) is 2.75. The molecule has 0 bridgehead atoms. The summed E-state index contributed by atoms with van der Waals surface area (Å²) < 4.78 is 0. The molecule has 2 heteroatoms. The Kier molecular flexibility index (Phi) is 3.92. The standard InChI is InChI=1S/C16H14O2/c17-16(18)12-11-15(13-7-3-1-4-8-13)14-9-5-2-6-10-14/h1-12,15H,(H,17,18). The topological polar surface area (TPSA) is 37.3 Å². The molecule has 0 radical (unpaired) electrons. The Morgan fingerprint density at radius 3 is 1.72 bits per heavy atom. The molecule has 18 heavy (non-hydrogen) atoms. The van der Waals surface area contributed by atoms with E-state index in [1.54, 1.807) is 6.08 Å². The Hall–Kier alpha value is -2.35. The highest BCUT2D eigenvalue weighted by molar-refractivity contribution is 5.80. The summed E-state index contributed by atoms with van der Waals surface area (Å²) in [7, 11) is 0. The lowest BCUT2D eigenvalue weighted by Gasteiger charge is -2.13. The van der Waals surface area contributed by atoms with Gasteiger partial charge in [0.25, 0.3) is 0 Å². The van der Waals surface area contributed by atoms with Gasteiger partial charge in [-0.15, -0.1) is 0 Å². The van der Waals surface area contributed by atoms with Crippen molar-refractivity contribution in [1.82, 2.24) is 0 Å². The SMILES string of the molecule is O=C(O)C=CC(c1ccccc1)c1ccccc1. The van der Waals surface area contributed by atoms with Gasteiger partial charge in [0.05, 0.1) is 0 Å². The summed E-state index contributed by atoms with van der Waals surface area (Å²) in [6.07, 6.45) is 2.91. The van der Waals surface area contributed by atoms with Crippen molar-refractivity contribution in [2.75, 3.05) is 0 Å². The van der Waals surface area contributed by atoms with E-state index in [9.17, 15) is 4.79 Å². The number of carboxylic acids is 1. The van der Waals surface area contributed by atoms with Crippen LogP contribution in [0.3, 0.4) is 0 Å². The molecule has 0 spiro atoms. The number of carbonyl (C=O) groups is 1. The zero-order chi connectivity index (χ0) is 12.8. The zero-order valence-corrected chi connectivity index (χ0v) is 9.86. The van der Waals surface area contributed by atoms with Crippen LogP contribution in [0, 0.1) is 0 Å². The van der Waals surface area contributed by atoms with Gasteiger partial charge >= 0.3 is 5.97 Å². The second-order valence-corrected chi connectivity index (χ2v) is 4.00. The molecule has 0 atom stereocenters. The number of allylic oxidation sites excluding steroid dienone is 1. The Labute approximate surface area is 106 Å². The van der Waals surface area contributed by atoms with E-state index in [1.807, 2.05) is 60.7 Å². The summed E-state index contributed by atoms with van der Waals surface area (Å²) in [6.45, 7) is 0. The lowest BCUT2D eigenvalue weighted by Crippen LogP contribution is -1.99. The van der Waals surface area contributed by atoms with Crippen LogP contribution in [0.5, 0.6) is 0 Å². The summed E-state index contributed by atoms with van der Waals surface area (Å²) in [4.78, 5) is 10.7. The highest BCUT2D eigenvalue weighted by atomic mass is 16.4. The van der Waals surface area contributed by atoms with Gasteiger partial charge in [0.1, 0.15) is 0 Å². The molecule has 2 aromatic rings. The van der Waals surface area contributed by atoms with Crippen molar-refractivity contribution in [3.63, 3.8) is 0 Å². The fraction of sp³-hybridized carbons (Fsp3) is 0.0625. The van der Waals surface area contributed by atoms with E-state index in [0.717, 1.165) is 11.1 Å². The van der Waals surface area contributed by atoms with Crippen molar-refractivity contribution in [2.45, 2.75) is 5.92 Å². The molecule has 0 aromatic heterocycles. The van der Waals surface area contributed by atoms with Gasteiger partial charge in [-0.2, -0.15) is 0 Å². The maximum Gasteiger partial charge on any atom is 0.328 e. The van der Waals surface area contributed by atoms with Gasteiger partial charge in [0.2, 0.25) is 0 Å². The van der Waals surface area contributed by atoms with Crippen LogP contribution in [0.1, 0.15) is 17.0 Å². The van der Waals surface area contributed by atoms with Gasteiger partial charge < -0.3 is 5.11 Å². The number of carboxylic acid groups (broad SMARTS) is 1. The zero-order valence-electron chi connectivity index (χ0n) is 9.86. The molecular formula is C16H14O2. The predicted octanol–water partition coefficient (Wildman–Crippen LogP) is 3.46. The monoisotopic (exact) mass is 238 g/mol. The van der Waals surface area contributed by atoms with Crippen LogP contribution in [-0.4, -0.2) is 11.1 Å². The fourth-order valence-corrected chi connectivity index (χ4v) is 1.91. The molecule has 1 N–H and O–H groups in total. The minimum atomic E-state index is -0.924. The lowest BCUT2D eigenvalue weighted by atomic mass is 9.91. The van der Waals surface area contributed by atoms with Gasteiger partial charge in [-0.25, -0.2) is 4.79 Å². The van der Waals surface area contributed by atoms with Crippen molar-refractivity contribution in [1.29, 1.82) is 0 Å². The van der Waals surface area contributed by atoms with E-state index >= 15 is 0 Å². The van der Waals surface area contributed by atoms with Gasteiger partial charge in [-0.1, -0.05) is 66.7 Å². The summed E-state index contributed by atoms with van der Waals surface area (Å²) in [5.41, 5.74) is 2.17. The van der Waals surface area contributed by atoms with E-state index in [2.05, 4.69) is 0 Å². The molecule has 0 aliphatic heterocycles. The van der Waals surface area contributed by atoms with Crippen LogP contribution in [-0.2, 0) is 4.79 Å². The molecule has 90 valence electrons. The Bertz CT molecular complexity index is 490. The Morgan fingerprint density at radius 2 is 1.33 bits per heavy atom. The van der Waals surface area contributed by atoms with E-state index in [1.165, 1.54) is 6.08 Å². The highest BCUT2D eigenvalue weighted by Crippen LogP contribution is 2.25. The number of benzene rings is 2. The summed E-state index contributed by atoms with van der Waals surface area (Å²) in [5.74, 6) is -0.949. The van der Waals surface area contributed by atoms with Crippen molar-refractivity contribution >= 4 is 5.97 Å². The molecule has 0 saturated carbocycles. The maximum atomic E-state index is 10.7. The molecular weight excluding hydrogens is 224 g/mol. The first-order valence-electron chi connectivity index (χ1n) is 5.78. The van der Waals surface area contributed by atoms with E-state index < -0.39 is 5.97 Å². The predicted molar refractivity (Wildman–Crippen MR) is 71.5 cm³/mol. The summed E-state index contributed by atoms with van der Waals surface area (Å²) in [5, 5.41) is 8.77. The Morgan fingerprint density at radius 1 is 0.889 bits per heavy atom. The molecule has 0 saturated heterocycles. The van der Waals surface area contributed by atoms with Gasteiger partial charge in [-0.3, -0.25) is 0 Å². The number of aliphatic carboxylic acids is 1. The van der Waals surface area contributed by atoms with Crippen LogP contribution in [0.15, 0.2) is 72.8 Å². The quantitative estimate of drug-likeness (QED) is 0.828. The first kappa shape index (κ1) is 12.1. The van der Waals surface area contributed by atoms with E-state index in [0.29, 0.717) is 0 Å². The molecule has 0 aliphatic rings. The second kappa shape index (κ2) is 5.82. The first-order valence-corrected chi connectivity index (χ1v) is 5.78. The van der Waals surface area contributed by atoms with Crippen LogP contribution in [0.2, 0.25) is 0 Å². The molecule has 0 aliphatic carbocycles. The van der Waals surface area contributed by atoms with Crippen LogP contribution >= 0.6 is 0 Å². The summed E-state index contributed by atoms with van der Waals surface area (Å²) >= 11 is 0. The smallest absolute Gasteiger partial charge is 0.328 e. The van der Waals surface area contributed by atoms with E-state index in [-0.39, 0.29) is 5.92 Å². The van der Waals surface area contributed by atoms with E-state index in [4.69, 9.17) is 5.11 Å². The molecule has 0 fully saturated rings. The lowest BCUT2D eigenvalue weighted by molar-refractivity contribution is -0.131. The number of rotatable bonds is 4. The van der Waals surface area contributed by atoms with Crippen LogP contribution < -0.4 is 0 Å². The van der Waals surface area contributed by atoms with Crippen molar-refractivity contribution < 1.29 is 9.90 Å². The average Bonchev–Trinajstić information content (AvgIpc) is 2.41. The minimum Gasteiger partial charge on any atom is -0.478 e. The average molecular weight is 238 g/mol. The third kappa shape index (κ3) is 3.08. The van der Waals surface area contributed by atoms with Crippen molar-refractivity contribution in [3.05, 3.63) is 83.9 Å². The fourth-order valence-electron chi connectivity index (χ4n) is 1.91. The first-order chi connectivity index (χ1) is 8.77.